The largest absolute Gasteiger partial charge is 0.496 e. The summed E-state index contributed by atoms with van der Waals surface area (Å²) in [6, 6.07) is 5.24. The van der Waals surface area contributed by atoms with E-state index in [9.17, 15) is 8.42 Å². The van der Waals surface area contributed by atoms with Gasteiger partial charge in [-0.25, -0.2) is 8.42 Å². The van der Waals surface area contributed by atoms with Gasteiger partial charge in [0.1, 0.15) is 5.75 Å². The van der Waals surface area contributed by atoms with Gasteiger partial charge in [0, 0.05) is 10.7 Å². The number of hydrogen-bond donors (Lipinski definition) is 0. The van der Waals surface area contributed by atoms with Crippen LogP contribution in [0, 0.1) is 6.92 Å². The fourth-order valence-electron chi connectivity index (χ4n) is 1.22. The highest BCUT2D eigenvalue weighted by Gasteiger charge is 2.11. The molecule has 0 atom stereocenters. The van der Waals surface area contributed by atoms with Crippen molar-refractivity contribution in [3.05, 3.63) is 29.3 Å². The summed E-state index contributed by atoms with van der Waals surface area (Å²) in [5.74, 6) is 0.500. The first-order valence-electron chi connectivity index (χ1n) is 3.99. The molecule has 0 saturated carbocycles. The number of halogens is 1. The number of rotatable bonds is 3. The molecule has 78 valence electrons. The van der Waals surface area contributed by atoms with Crippen molar-refractivity contribution in [2.75, 3.05) is 7.11 Å². The summed E-state index contributed by atoms with van der Waals surface area (Å²) >= 11 is 0. The molecule has 0 unspecified atom stereocenters. The molecule has 14 heavy (non-hydrogen) atoms. The molecule has 5 heteroatoms. The van der Waals surface area contributed by atoms with Crippen molar-refractivity contribution in [2.45, 2.75) is 12.7 Å². The molecule has 0 spiro atoms. The molecule has 0 N–H and O–H groups in total. The van der Waals surface area contributed by atoms with E-state index in [4.69, 9.17) is 15.4 Å². The third kappa shape index (κ3) is 2.89. The van der Waals surface area contributed by atoms with Gasteiger partial charge in [-0.1, -0.05) is 12.1 Å². The van der Waals surface area contributed by atoms with Gasteiger partial charge in [-0.05, 0) is 24.1 Å². The van der Waals surface area contributed by atoms with Crippen molar-refractivity contribution < 1.29 is 13.2 Å². The van der Waals surface area contributed by atoms with Crippen LogP contribution >= 0.6 is 10.7 Å². The summed E-state index contributed by atoms with van der Waals surface area (Å²) < 4.78 is 26.8. The van der Waals surface area contributed by atoms with Crippen LogP contribution in [0.5, 0.6) is 5.75 Å². The van der Waals surface area contributed by atoms with Crippen LogP contribution in [0.1, 0.15) is 11.1 Å². The van der Waals surface area contributed by atoms with Gasteiger partial charge in [0.2, 0.25) is 9.05 Å². The molecule has 0 fully saturated rings. The molecule has 3 nitrogen and oxygen atoms in total. The molecule has 0 amide bonds. The summed E-state index contributed by atoms with van der Waals surface area (Å²) in [6.07, 6.45) is 0. The predicted molar refractivity (Wildman–Crippen MR) is 56.2 cm³/mol. The maximum atomic E-state index is 10.9. The summed E-state index contributed by atoms with van der Waals surface area (Å²) in [6.45, 7) is 1.80. The number of methoxy groups -OCH3 is 1. The molecule has 0 heterocycles. The van der Waals surface area contributed by atoms with E-state index in [1.54, 1.807) is 32.2 Å². The molecule has 0 bridgehead atoms. The maximum Gasteiger partial charge on any atom is 0.236 e. The van der Waals surface area contributed by atoms with Crippen molar-refractivity contribution in [3.8, 4) is 5.75 Å². The van der Waals surface area contributed by atoms with Crippen molar-refractivity contribution in [2.24, 2.45) is 0 Å². The van der Waals surface area contributed by atoms with E-state index in [1.807, 2.05) is 0 Å². The Bertz CT molecular complexity index is 426. The lowest BCUT2D eigenvalue weighted by Gasteiger charge is -2.08. The third-order valence-corrected chi connectivity index (χ3v) is 2.93. The van der Waals surface area contributed by atoms with Crippen LogP contribution in [-0.2, 0) is 14.8 Å². The lowest BCUT2D eigenvalue weighted by atomic mass is 10.1. The minimum absolute atomic E-state index is 0.169. The average molecular weight is 235 g/mol. The standard InChI is InChI=1S/C9H11ClO3S/c1-7-8(6-14(10,11)12)4-3-5-9(7)13-2/h3-5H,6H2,1-2H3. The first-order valence-corrected chi connectivity index (χ1v) is 6.46. The van der Waals surface area contributed by atoms with Gasteiger partial charge in [0.15, 0.2) is 0 Å². The fourth-order valence-corrected chi connectivity index (χ4v) is 2.26. The van der Waals surface area contributed by atoms with Gasteiger partial charge in [-0.3, -0.25) is 0 Å². The third-order valence-electron chi connectivity index (χ3n) is 1.94. The van der Waals surface area contributed by atoms with Crippen molar-refractivity contribution in [1.82, 2.24) is 0 Å². The average Bonchev–Trinajstić information content (AvgIpc) is 2.06. The minimum atomic E-state index is -3.51. The molecular formula is C9H11ClO3S. The van der Waals surface area contributed by atoms with Crippen LogP contribution in [0.2, 0.25) is 0 Å². The van der Waals surface area contributed by atoms with Crippen LogP contribution in [-0.4, -0.2) is 15.5 Å². The Kier molecular flexibility index (Phi) is 3.39. The lowest BCUT2D eigenvalue weighted by molar-refractivity contribution is 0.411. The predicted octanol–water partition coefficient (Wildman–Crippen LogP) is 2.07. The summed E-state index contributed by atoms with van der Waals surface area (Å²) in [4.78, 5) is 0. The Labute approximate surface area is 88.1 Å². The normalized spacial score (nSPS) is 11.4. The molecular weight excluding hydrogens is 224 g/mol. The number of benzene rings is 1. The Balaban J connectivity index is 3.10. The topological polar surface area (TPSA) is 43.4 Å². The van der Waals surface area contributed by atoms with Gasteiger partial charge in [-0.15, -0.1) is 0 Å². The van der Waals surface area contributed by atoms with Crippen LogP contribution in [0.3, 0.4) is 0 Å². The molecule has 0 aliphatic rings. The summed E-state index contributed by atoms with van der Waals surface area (Å²) in [5, 5.41) is 0. The Morgan fingerprint density at radius 3 is 2.57 bits per heavy atom. The second kappa shape index (κ2) is 4.19. The molecule has 1 rings (SSSR count). The molecule has 0 aliphatic carbocycles. The van der Waals surface area contributed by atoms with E-state index in [1.165, 1.54) is 0 Å². The van der Waals surface area contributed by atoms with Crippen LogP contribution in [0.25, 0.3) is 0 Å². The van der Waals surface area contributed by atoms with Gasteiger partial charge in [-0.2, -0.15) is 0 Å². The van der Waals surface area contributed by atoms with Gasteiger partial charge >= 0.3 is 0 Å². The maximum absolute atomic E-state index is 10.9. The smallest absolute Gasteiger partial charge is 0.236 e. The van der Waals surface area contributed by atoms with Gasteiger partial charge in [0.05, 0.1) is 12.9 Å². The minimum Gasteiger partial charge on any atom is -0.496 e. The van der Waals surface area contributed by atoms with Crippen molar-refractivity contribution in [3.63, 3.8) is 0 Å². The fraction of sp³-hybridized carbons (Fsp3) is 0.333. The highest BCUT2D eigenvalue weighted by atomic mass is 35.7. The lowest BCUT2D eigenvalue weighted by Crippen LogP contribution is -1.99. The van der Waals surface area contributed by atoms with Gasteiger partial charge < -0.3 is 4.74 Å². The second-order valence-electron chi connectivity index (χ2n) is 2.93. The first-order chi connectivity index (χ1) is 6.44. The van der Waals surface area contributed by atoms with Crippen molar-refractivity contribution in [1.29, 1.82) is 0 Å². The van der Waals surface area contributed by atoms with Crippen molar-refractivity contribution >= 4 is 19.7 Å². The highest BCUT2D eigenvalue weighted by molar-refractivity contribution is 8.13. The number of hydrogen-bond acceptors (Lipinski definition) is 3. The molecule has 0 saturated heterocycles. The van der Waals surface area contributed by atoms with E-state index in [-0.39, 0.29) is 5.75 Å². The quantitative estimate of drug-likeness (QED) is 0.752. The van der Waals surface area contributed by atoms with E-state index in [0.29, 0.717) is 11.3 Å². The van der Waals surface area contributed by atoms with Crippen LogP contribution in [0.4, 0.5) is 0 Å². The molecule has 1 aromatic carbocycles. The Morgan fingerprint density at radius 1 is 1.43 bits per heavy atom. The van der Waals surface area contributed by atoms with E-state index in [0.717, 1.165) is 5.56 Å². The zero-order chi connectivity index (χ0) is 10.8. The zero-order valence-electron chi connectivity index (χ0n) is 7.95. The molecule has 0 aliphatic heterocycles. The van der Waals surface area contributed by atoms with Gasteiger partial charge in [0.25, 0.3) is 0 Å². The molecule has 0 aromatic heterocycles. The summed E-state index contributed by atoms with van der Waals surface area (Å²) in [5.41, 5.74) is 1.47. The number of ether oxygens (including phenoxy) is 1. The highest BCUT2D eigenvalue weighted by Crippen LogP contribution is 2.23. The molecule has 0 radical (unpaired) electrons. The zero-order valence-corrected chi connectivity index (χ0v) is 9.52. The van der Waals surface area contributed by atoms with Crippen LogP contribution < -0.4 is 4.74 Å². The Morgan fingerprint density at radius 2 is 2.07 bits per heavy atom. The van der Waals surface area contributed by atoms with Crippen LogP contribution in [0.15, 0.2) is 18.2 Å². The molecule has 1 aromatic rings. The monoisotopic (exact) mass is 234 g/mol. The first kappa shape index (κ1) is 11.3. The Hall–Kier alpha value is -0.740. The SMILES string of the molecule is COc1cccc(CS(=O)(=O)Cl)c1C. The van der Waals surface area contributed by atoms with E-state index < -0.39 is 9.05 Å². The van der Waals surface area contributed by atoms with E-state index >= 15 is 0 Å². The van der Waals surface area contributed by atoms with E-state index in [2.05, 4.69) is 0 Å². The second-order valence-corrected chi connectivity index (χ2v) is 5.70. The summed E-state index contributed by atoms with van der Waals surface area (Å²) in [7, 11) is 3.20.